The van der Waals surface area contributed by atoms with Gasteiger partial charge >= 0.3 is 0 Å². The summed E-state index contributed by atoms with van der Waals surface area (Å²) < 4.78 is 0. The van der Waals surface area contributed by atoms with Crippen LogP contribution in [0, 0.1) is 29.1 Å². The zero-order valence-electron chi connectivity index (χ0n) is 5.51. The fraction of sp³-hybridized carbons (Fsp3) is 0.875. The van der Waals surface area contributed by atoms with Gasteiger partial charge in [-0.15, -0.1) is 0 Å². The molecule has 2 bridgehead atoms. The molecule has 0 heterocycles. The zero-order valence-corrected chi connectivity index (χ0v) is 5.51. The summed E-state index contributed by atoms with van der Waals surface area (Å²) in [5.41, 5.74) is 0. The zero-order chi connectivity index (χ0) is 6.27. The van der Waals surface area contributed by atoms with Crippen molar-refractivity contribution in [1.29, 1.82) is 5.26 Å². The second-order valence-corrected chi connectivity index (χ2v) is 3.41. The van der Waals surface area contributed by atoms with Crippen LogP contribution in [0.1, 0.15) is 25.7 Å². The van der Waals surface area contributed by atoms with Gasteiger partial charge in [0.15, 0.2) is 0 Å². The summed E-state index contributed by atoms with van der Waals surface area (Å²) in [4.78, 5) is 0. The highest BCUT2D eigenvalue weighted by Gasteiger charge is 2.39. The largest absolute Gasteiger partial charge is 0.198 e. The molecule has 3 atom stereocenters. The Morgan fingerprint density at radius 2 is 2.11 bits per heavy atom. The third kappa shape index (κ3) is 0.660. The molecule has 48 valence electrons. The Labute approximate surface area is 55.7 Å². The van der Waals surface area contributed by atoms with Crippen LogP contribution in [0.15, 0.2) is 0 Å². The molecule has 2 rings (SSSR count). The topological polar surface area (TPSA) is 23.8 Å². The van der Waals surface area contributed by atoms with Crippen LogP contribution < -0.4 is 0 Å². The van der Waals surface area contributed by atoms with Crippen molar-refractivity contribution in [2.45, 2.75) is 25.7 Å². The lowest BCUT2D eigenvalue weighted by atomic mass is 9.90. The Balaban J connectivity index is 2.12. The molecule has 0 radical (unpaired) electrons. The van der Waals surface area contributed by atoms with Crippen molar-refractivity contribution < 1.29 is 0 Å². The molecule has 2 aliphatic carbocycles. The van der Waals surface area contributed by atoms with E-state index in [1.807, 2.05) is 0 Å². The molecule has 0 aliphatic heterocycles. The molecule has 1 nitrogen and oxygen atoms in total. The molecular formula is C8H11N. The van der Waals surface area contributed by atoms with Gasteiger partial charge in [0, 0.05) is 5.92 Å². The maximum Gasteiger partial charge on any atom is 0.0658 e. The quantitative estimate of drug-likeness (QED) is 0.480. The summed E-state index contributed by atoms with van der Waals surface area (Å²) in [7, 11) is 0. The molecule has 0 saturated heterocycles. The van der Waals surface area contributed by atoms with E-state index in [-0.39, 0.29) is 0 Å². The van der Waals surface area contributed by atoms with Gasteiger partial charge < -0.3 is 0 Å². The molecule has 2 saturated carbocycles. The second kappa shape index (κ2) is 1.73. The third-order valence-corrected chi connectivity index (χ3v) is 2.90. The fourth-order valence-electron chi connectivity index (χ4n) is 2.40. The number of hydrogen-bond acceptors (Lipinski definition) is 1. The van der Waals surface area contributed by atoms with Crippen molar-refractivity contribution in [2.24, 2.45) is 17.8 Å². The SMILES string of the molecule is N#C[C@H]1C[C@@H]2CC[C@H]1C2. The van der Waals surface area contributed by atoms with Crippen LogP contribution in [0.2, 0.25) is 0 Å². The van der Waals surface area contributed by atoms with Crippen LogP contribution in [0.3, 0.4) is 0 Å². The lowest BCUT2D eigenvalue weighted by Crippen LogP contribution is -2.06. The van der Waals surface area contributed by atoms with Gasteiger partial charge in [-0.3, -0.25) is 0 Å². The number of hydrogen-bond donors (Lipinski definition) is 0. The van der Waals surface area contributed by atoms with Gasteiger partial charge in [-0.1, -0.05) is 6.42 Å². The lowest BCUT2D eigenvalue weighted by Gasteiger charge is -2.12. The molecular weight excluding hydrogens is 110 g/mol. The number of nitriles is 1. The highest BCUT2D eigenvalue weighted by Crippen LogP contribution is 2.47. The van der Waals surface area contributed by atoms with Gasteiger partial charge in [-0.2, -0.15) is 5.26 Å². The average molecular weight is 121 g/mol. The first-order valence-electron chi connectivity index (χ1n) is 3.80. The standard InChI is InChI=1S/C8H11N/c9-5-8-4-6-1-2-7(8)3-6/h6-8H,1-4H2/t6-,7+,8-/m1/s1. The van der Waals surface area contributed by atoms with Crippen LogP contribution >= 0.6 is 0 Å². The van der Waals surface area contributed by atoms with E-state index in [0.717, 1.165) is 11.8 Å². The summed E-state index contributed by atoms with van der Waals surface area (Å²) in [6.07, 6.45) is 5.31. The first kappa shape index (κ1) is 5.29. The van der Waals surface area contributed by atoms with E-state index in [2.05, 4.69) is 6.07 Å². The molecule has 0 unspecified atom stereocenters. The Morgan fingerprint density at radius 1 is 1.22 bits per heavy atom. The van der Waals surface area contributed by atoms with Gasteiger partial charge in [0.25, 0.3) is 0 Å². The Kier molecular flexibility index (Phi) is 1.02. The van der Waals surface area contributed by atoms with Crippen LogP contribution in [0.25, 0.3) is 0 Å². The summed E-state index contributed by atoms with van der Waals surface area (Å²) in [5, 5.41) is 8.64. The first-order chi connectivity index (χ1) is 4.40. The fourth-order valence-corrected chi connectivity index (χ4v) is 2.40. The molecule has 0 N–H and O–H groups in total. The van der Waals surface area contributed by atoms with Crippen LogP contribution in [0.4, 0.5) is 0 Å². The average Bonchev–Trinajstić information content (AvgIpc) is 2.45. The van der Waals surface area contributed by atoms with E-state index in [1.54, 1.807) is 0 Å². The van der Waals surface area contributed by atoms with E-state index < -0.39 is 0 Å². The molecule has 0 aromatic carbocycles. The maximum absolute atomic E-state index is 8.64. The monoisotopic (exact) mass is 121 g/mol. The summed E-state index contributed by atoms with van der Waals surface area (Å²) in [6.45, 7) is 0. The van der Waals surface area contributed by atoms with E-state index in [4.69, 9.17) is 5.26 Å². The molecule has 2 aliphatic rings. The summed E-state index contributed by atoms with van der Waals surface area (Å²) in [6, 6.07) is 2.40. The molecule has 1 heteroatoms. The number of nitrogens with zero attached hydrogens (tertiary/aromatic N) is 1. The van der Waals surface area contributed by atoms with Gasteiger partial charge in [0.05, 0.1) is 6.07 Å². The highest BCUT2D eigenvalue weighted by atomic mass is 14.4. The van der Waals surface area contributed by atoms with Crippen LogP contribution in [-0.2, 0) is 0 Å². The van der Waals surface area contributed by atoms with Crippen molar-refractivity contribution in [3.05, 3.63) is 0 Å². The minimum atomic E-state index is 0.434. The Hall–Kier alpha value is -0.510. The molecule has 0 amide bonds. The Bertz CT molecular complexity index is 156. The first-order valence-corrected chi connectivity index (χ1v) is 3.80. The normalized spacial score (nSPS) is 47.2. The van der Waals surface area contributed by atoms with Crippen molar-refractivity contribution in [3.63, 3.8) is 0 Å². The van der Waals surface area contributed by atoms with E-state index >= 15 is 0 Å². The third-order valence-electron chi connectivity index (χ3n) is 2.90. The summed E-state index contributed by atoms with van der Waals surface area (Å²) >= 11 is 0. The van der Waals surface area contributed by atoms with Gasteiger partial charge in [-0.25, -0.2) is 0 Å². The second-order valence-electron chi connectivity index (χ2n) is 3.41. The molecule has 0 spiro atoms. The van der Waals surface area contributed by atoms with E-state index in [1.165, 1.54) is 25.7 Å². The molecule has 0 aromatic rings. The maximum atomic E-state index is 8.64. The highest BCUT2D eigenvalue weighted by molar-refractivity contribution is 4.99. The predicted octanol–water partition coefficient (Wildman–Crippen LogP) is 1.95. The smallest absolute Gasteiger partial charge is 0.0658 e. The van der Waals surface area contributed by atoms with Gasteiger partial charge in [0.2, 0.25) is 0 Å². The minimum Gasteiger partial charge on any atom is -0.198 e. The Morgan fingerprint density at radius 3 is 2.44 bits per heavy atom. The molecule has 0 aromatic heterocycles. The van der Waals surface area contributed by atoms with Crippen molar-refractivity contribution >= 4 is 0 Å². The summed E-state index contributed by atoms with van der Waals surface area (Å²) in [5.74, 6) is 2.16. The molecule has 2 fully saturated rings. The van der Waals surface area contributed by atoms with Crippen LogP contribution in [0.5, 0.6) is 0 Å². The van der Waals surface area contributed by atoms with Crippen molar-refractivity contribution in [2.75, 3.05) is 0 Å². The van der Waals surface area contributed by atoms with Gasteiger partial charge in [-0.05, 0) is 31.1 Å². The number of rotatable bonds is 0. The lowest BCUT2D eigenvalue weighted by molar-refractivity contribution is 0.402. The van der Waals surface area contributed by atoms with Crippen molar-refractivity contribution in [1.82, 2.24) is 0 Å². The van der Waals surface area contributed by atoms with E-state index in [0.29, 0.717) is 5.92 Å². The molecule has 9 heavy (non-hydrogen) atoms. The van der Waals surface area contributed by atoms with E-state index in [9.17, 15) is 0 Å². The minimum absolute atomic E-state index is 0.434. The van der Waals surface area contributed by atoms with Crippen LogP contribution in [-0.4, -0.2) is 0 Å². The predicted molar refractivity (Wildman–Crippen MR) is 34.6 cm³/mol. The van der Waals surface area contributed by atoms with Crippen molar-refractivity contribution in [3.8, 4) is 6.07 Å². The van der Waals surface area contributed by atoms with Gasteiger partial charge in [0.1, 0.15) is 0 Å². The number of fused-ring (bicyclic) bond motifs is 2.